The maximum Gasteiger partial charge on any atom is 0.240 e. The van der Waals surface area contributed by atoms with E-state index in [2.05, 4.69) is 25.8 Å². The van der Waals surface area contributed by atoms with E-state index in [1.807, 2.05) is 11.4 Å². The number of fused-ring (bicyclic) bond motifs is 1. The molecule has 8 heteroatoms. The maximum atomic E-state index is 5.38. The second kappa shape index (κ2) is 5.02. The van der Waals surface area contributed by atoms with Crippen LogP contribution in [0.1, 0.15) is 0 Å². The van der Waals surface area contributed by atoms with E-state index in [4.69, 9.17) is 10.6 Å². The molecule has 0 saturated carbocycles. The number of nitrogens with two attached hydrogens (primary N) is 1. The first-order valence-electron chi connectivity index (χ1n) is 5.68. The van der Waals surface area contributed by atoms with Gasteiger partial charge in [0, 0.05) is 13.1 Å². The molecule has 1 aliphatic rings. The van der Waals surface area contributed by atoms with E-state index in [0.29, 0.717) is 5.95 Å². The molecule has 7 nitrogen and oxygen atoms in total. The largest absolute Gasteiger partial charge is 0.379 e. The zero-order valence-corrected chi connectivity index (χ0v) is 10.5. The van der Waals surface area contributed by atoms with Gasteiger partial charge in [0.2, 0.25) is 5.95 Å². The summed E-state index contributed by atoms with van der Waals surface area (Å²) in [4.78, 5) is 9.56. The summed E-state index contributed by atoms with van der Waals surface area (Å²) in [6.45, 7) is 3.13. The van der Waals surface area contributed by atoms with Crippen LogP contribution in [-0.2, 0) is 4.74 Å². The summed E-state index contributed by atoms with van der Waals surface area (Å²) in [7, 11) is 0. The standard InChI is InChI=1S/C10H14N6OS/c11-14-10-12-8(7-1-6-18-9(7)13-10)15-16-2-4-17-5-3-16/h1,6H,2-5,11H2,(H2,12,13,14,15). The van der Waals surface area contributed by atoms with E-state index in [-0.39, 0.29) is 0 Å². The van der Waals surface area contributed by atoms with Crippen molar-refractivity contribution >= 4 is 33.3 Å². The molecule has 18 heavy (non-hydrogen) atoms. The van der Waals surface area contributed by atoms with E-state index in [1.165, 1.54) is 0 Å². The van der Waals surface area contributed by atoms with Crippen LogP contribution in [0.25, 0.3) is 10.2 Å². The smallest absolute Gasteiger partial charge is 0.240 e. The number of anilines is 2. The normalized spacial score (nSPS) is 16.9. The Morgan fingerprint density at radius 1 is 1.33 bits per heavy atom. The Kier molecular flexibility index (Phi) is 3.24. The van der Waals surface area contributed by atoms with Crippen molar-refractivity contribution in [1.82, 2.24) is 15.0 Å². The molecule has 1 saturated heterocycles. The highest BCUT2D eigenvalue weighted by molar-refractivity contribution is 7.16. The minimum atomic E-state index is 0.417. The fourth-order valence-corrected chi connectivity index (χ4v) is 2.59. The molecule has 0 amide bonds. The molecule has 2 aromatic heterocycles. The zero-order valence-electron chi connectivity index (χ0n) is 9.72. The molecule has 4 N–H and O–H groups in total. The molecular weight excluding hydrogens is 252 g/mol. The van der Waals surface area contributed by atoms with Crippen molar-refractivity contribution in [3.8, 4) is 0 Å². The minimum absolute atomic E-state index is 0.417. The van der Waals surface area contributed by atoms with Gasteiger partial charge >= 0.3 is 0 Å². The highest BCUT2D eigenvalue weighted by Crippen LogP contribution is 2.26. The van der Waals surface area contributed by atoms with Crippen LogP contribution in [-0.4, -0.2) is 41.3 Å². The Hall–Kier alpha value is -1.48. The lowest BCUT2D eigenvalue weighted by Gasteiger charge is -2.27. The van der Waals surface area contributed by atoms with Crippen LogP contribution in [0.3, 0.4) is 0 Å². The molecule has 0 aliphatic carbocycles. The summed E-state index contributed by atoms with van der Waals surface area (Å²) in [5.74, 6) is 6.57. The maximum absolute atomic E-state index is 5.38. The van der Waals surface area contributed by atoms with Crippen molar-refractivity contribution in [3.63, 3.8) is 0 Å². The molecule has 3 heterocycles. The lowest BCUT2D eigenvalue weighted by Crippen LogP contribution is -2.40. The SMILES string of the molecule is NNc1nc(NN2CCOCC2)c2ccsc2n1. The van der Waals surface area contributed by atoms with E-state index in [9.17, 15) is 0 Å². The average molecular weight is 266 g/mol. The monoisotopic (exact) mass is 266 g/mol. The number of ether oxygens (including phenoxy) is 1. The van der Waals surface area contributed by atoms with Gasteiger partial charge in [-0.3, -0.25) is 5.43 Å². The number of hydrazine groups is 2. The molecule has 0 radical (unpaired) electrons. The van der Waals surface area contributed by atoms with E-state index in [1.54, 1.807) is 11.3 Å². The first kappa shape index (κ1) is 11.6. The number of nitrogens with zero attached hydrogens (tertiary/aromatic N) is 3. The predicted octanol–water partition coefficient (Wildman–Crippen LogP) is 0.636. The molecule has 96 valence electrons. The summed E-state index contributed by atoms with van der Waals surface area (Å²) in [5, 5.41) is 5.08. The van der Waals surface area contributed by atoms with Crippen molar-refractivity contribution in [2.75, 3.05) is 37.2 Å². The van der Waals surface area contributed by atoms with Gasteiger partial charge in [0.1, 0.15) is 4.83 Å². The van der Waals surface area contributed by atoms with Crippen LogP contribution >= 0.6 is 11.3 Å². The van der Waals surface area contributed by atoms with Crippen LogP contribution in [0.2, 0.25) is 0 Å². The van der Waals surface area contributed by atoms with Crippen LogP contribution in [0.5, 0.6) is 0 Å². The summed E-state index contributed by atoms with van der Waals surface area (Å²) in [6.07, 6.45) is 0. The highest BCUT2D eigenvalue weighted by atomic mass is 32.1. The highest BCUT2D eigenvalue weighted by Gasteiger charge is 2.14. The van der Waals surface area contributed by atoms with Crippen molar-refractivity contribution in [2.24, 2.45) is 5.84 Å². The van der Waals surface area contributed by atoms with Gasteiger partial charge in [0.25, 0.3) is 0 Å². The third kappa shape index (κ3) is 2.23. The Bertz CT molecular complexity index is 538. The lowest BCUT2D eigenvalue weighted by atomic mass is 10.4. The summed E-state index contributed by atoms with van der Waals surface area (Å²) < 4.78 is 5.31. The first-order chi connectivity index (χ1) is 8.86. The Morgan fingerprint density at radius 3 is 2.94 bits per heavy atom. The number of morpholine rings is 1. The van der Waals surface area contributed by atoms with E-state index < -0.39 is 0 Å². The van der Waals surface area contributed by atoms with Crippen LogP contribution in [0, 0.1) is 0 Å². The fraction of sp³-hybridized carbons (Fsp3) is 0.400. The van der Waals surface area contributed by atoms with Crippen molar-refractivity contribution < 1.29 is 4.74 Å². The molecule has 1 fully saturated rings. The Balaban J connectivity index is 1.91. The molecule has 2 aromatic rings. The van der Waals surface area contributed by atoms with E-state index >= 15 is 0 Å². The molecule has 0 aromatic carbocycles. The van der Waals surface area contributed by atoms with Gasteiger partial charge in [-0.1, -0.05) is 0 Å². The molecule has 0 spiro atoms. The van der Waals surface area contributed by atoms with Gasteiger partial charge in [0.05, 0.1) is 18.6 Å². The third-order valence-corrected chi connectivity index (χ3v) is 3.54. The quantitative estimate of drug-likeness (QED) is 0.555. The van der Waals surface area contributed by atoms with Crippen LogP contribution < -0.4 is 16.7 Å². The number of aromatic nitrogens is 2. The molecule has 1 aliphatic heterocycles. The van der Waals surface area contributed by atoms with Crippen LogP contribution in [0.15, 0.2) is 11.4 Å². The second-order valence-corrected chi connectivity index (χ2v) is 4.79. The molecule has 0 unspecified atom stereocenters. The fourth-order valence-electron chi connectivity index (χ4n) is 1.83. The van der Waals surface area contributed by atoms with Gasteiger partial charge in [-0.15, -0.1) is 11.3 Å². The molecule has 0 bridgehead atoms. The zero-order chi connectivity index (χ0) is 12.4. The number of hydrogen-bond acceptors (Lipinski definition) is 8. The van der Waals surface area contributed by atoms with Gasteiger partial charge in [-0.05, 0) is 11.4 Å². The third-order valence-electron chi connectivity index (χ3n) is 2.73. The molecule has 0 atom stereocenters. The Labute approximate surface area is 108 Å². The van der Waals surface area contributed by atoms with Crippen molar-refractivity contribution in [2.45, 2.75) is 0 Å². The van der Waals surface area contributed by atoms with Crippen molar-refractivity contribution in [1.29, 1.82) is 0 Å². The average Bonchev–Trinajstić information content (AvgIpc) is 2.88. The van der Waals surface area contributed by atoms with E-state index in [0.717, 1.165) is 42.3 Å². The van der Waals surface area contributed by atoms with Gasteiger partial charge in [0.15, 0.2) is 5.82 Å². The van der Waals surface area contributed by atoms with Crippen LogP contribution in [0.4, 0.5) is 11.8 Å². The number of rotatable bonds is 3. The number of hydrogen-bond donors (Lipinski definition) is 3. The topological polar surface area (TPSA) is 88.3 Å². The molecular formula is C10H14N6OS. The minimum Gasteiger partial charge on any atom is -0.379 e. The lowest BCUT2D eigenvalue weighted by molar-refractivity contribution is 0.0495. The predicted molar refractivity (Wildman–Crippen MR) is 71.2 cm³/mol. The summed E-state index contributed by atoms with van der Waals surface area (Å²) >= 11 is 1.56. The van der Waals surface area contributed by atoms with Crippen molar-refractivity contribution in [3.05, 3.63) is 11.4 Å². The second-order valence-electron chi connectivity index (χ2n) is 3.89. The van der Waals surface area contributed by atoms with Gasteiger partial charge < -0.3 is 10.2 Å². The Morgan fingerprint density at radius 2 is 2.17 bits per heavy atom. The number of nitrogen functional groups attached to an aromatic ring is 1. The molecule has 3 rings (SSSR count). The van der Waals surface area contributed by atoms with Gasteiger partial charge in [-0.25, -0.2) is 15.8 Å². The van der Waals surface area contributed by atoms with Gasteiger partial charge in [-0.2, -0.15) is 4.98 Å². The summed E-state index contributed by atoms with van der Waals surface area (Å²) in [6, 6.07) is 2.00. The summed E-state index contributed by atoms with van der Waals surface area (Å²) in [5.41, 5.74) is 5.79. The first-order valence-corrected chi connectivity index (χ1v) is 6.56. The number of thiophene rings is 1. The number of nitrogens with one attached hydrogen (secondary N) is 2.